The number of benzene rings is 2. The molecule has 1 aromatic heterocycles. The largest absolute Gasteiger partial charge is 0.497 e. The van der Waals surface area contributed by atoms with Crippen molar-refractivity contribution in [3.8, 4) is 5.75 Å². The molecule has 0 amide bonds. The Kier molecular flexibility index (Phi) is 7.07. The van der Waals surface area contributed by atoms with Gasteiger partial charge in [0.25, 0.3) is 5.56 Å². The Morgan fingerprint density at radius 1 is 0.889 bits per heavy atom. The Morgan fingerprint density at radius 3 is 2.03 bits per heavy atom. The van der Waals surface area contributed by atoms with Crippen molar-refractivity contribution >= 4 is 15.8 Å². The van der Waals surface area contributed by atoms with Gasteiger partial charge < -0.3 is 10.5 Å². The lowest BCUT2D eigenvalue weighted by molar-refractivity contribution is 0.154. The van der Waals surface area contributed by atoms with E-state index in [1.54, 1.807) is 43.5 Å². The van der Waals surface area contributed by atoms with E-state index >= 15 is 0 Å². The number of hydrogen-bond donors (Lipinski definition) is 1. The first-order valence-corrected chi connectivity index (χ1v) is 13.0. The summed E-state index contributed by atoms with van der Waals surface area (Å²) in [7, 11) is 0.870. The molecule has 0 radical (unpaired) electrons. The molecule has 1 fully saturated rings. The molecule has 0 aliphatic carbocycles. The highest BCUT2D eigenvalue weighted by atomic mass is 32.2. The van der Waals surface area contributed by atoms with Gasteiger partial charge in [0.2, 0.25) is 10.0 Å². The molecule has 4 rings (SSSR count). The lowest BCUT2D eigenvalue weighted by Gasteiger charge is -2.39. The molecule has 2 N–H and O–H groups in total. The number of sulfonamides is 1. The first-order valence-electron chi connectivity index (χ1n) is 11.6. The highest BCUT2D eigenvalue weighted by Crippen LogP contribution is 2.32. The zero-order chi connectivity index (χ0) is 26.2. The zero-order valence-electron chi connectivity index (χ0n) is 20.8. The molecule has 0 spiro atoms. The number of piperazine rings is 1. The summed E-state index contributed by atoms with van der Waals surface area (Å²) in [6.45, 7) is 3.13. The van der Waals surface area contributed by atoms with Crippen molar-refractivity contribution in [1.82, 2.24) is 18.3 Å². The van der Waals surface area contributed by atoms with Crippen LogP contribution in [-0.2, 0) is 24.1 Å². The Balaban J connectivity index is 1.72. The SMILES string of the molecule is COc1ccc([C@@H](c2c(N)n(C)c(=O)n(C)c2=O)N2CCN(S(=O)(=O)c3ccc(C)cc3)CC2)cc1. The molecule has 0 bridgehead atoms. The fourth-order valence-corrected chi connectivity index (χ4v) is 5.97. The van der Waals surface area contributed by atoms with Gasteiger partial charge in [-0.15, -0.1) is 0 Å². The van der Waals surface area contributed by atoms with Crippen LogP contribution in [0.25, 0.3) is 0 Å². The highest BCUT2D eigenvalue weighted by molar-refractivity contribution is 7.89. The van der Waals surface area contributed by atoms with E-state index < -0.39 is 27.3 Å². The molecule has 192 valence electrons. The van der Waals surface area contributed by atoms with Crippen LogP contribution in [0.2, 0.25) is 0 Å². The van der Waals surface area contributed by atoms with E-state index in [9.17, 15) is 18.0 Å². The van der Waals surface area contributed by atoms with E-state index in [-0.39, 0.29) is 29.4 Å². The Labute approximate surface area is 210 Å². The summed E-state index contributed by atoms with van der Waals surface area (Å²) in [5.41, 5.74) is 7.39. The quantitative estimate of drug-likeness (QED) is 0.524. The van der Waals surface area contributed by atoms with Gasteiger partial charge in [0, 0.05) is 40.3 Å². The van der Waals surface area contributed by atoms with Crippen LogP contribution in [0.5, 0.6) is 5.75 Å². The molecule has 36 heavy (non-hydrogen) atoms. The van der Waals surface area contributed by atoms with Crippen LogP contribution in [0, 0.1) is 6.92 Å². The average Bonchev–Trinajstić information content (AvgIpc) is 2.89. The highest BCUT2D eigenvalue weighted by Gasteiger charge is 2.35. The predicted octanol–water partition coefficient (Wildman–Crippen LogP) is 1.08. The van der Waals surface area contributed by atoms with Gasteiger partial charge >= 0.3 is 5.69 Å². The maximum atomic E-state index is 13.3. The third-order valence-electron chi connectivity index (χ3n) is 6.75. The van der Waals surface area contributed by atoms with Gasteiger partial charge in [0.15, 0.2) is 0 Å². The summed E-state index contributed by atoms with van der Waals surface area (Å²) >= 11 is 0. The number of methoxy groups -OCH3 is 1. The first kappa shape index (κ1) is 25.7. The van der Waals surface area contributed by atoms with Gasteiger partial charge in [-0.05, 0) is 36.8 Å². The summed E-state index contributed by atoms with van der Waals surface area (Å²) in [5, 5.41) is 0. The molecule has 1 saturated heterocycles. The van der Waals surface area contributed by atoms with Crippen molar-refractivity contribution in [3.63, 3.8) is 0 Å². The Bertz CT molecular complexity index is 1470. The van der Waals surface area contributed by atoms with Crippen LogP contribution in [0.1, 0.15) is 22.7 Å². The summed E-state index contributed by atoms with van der Waals surface area (Å²) in [6.07, 6.45) is 0. The van der Waals surface area contributed by atoms with Gasteiger partial charge in [-0.2, -0.15) is 4.31 Å². The summed E-state index contributed by atoms with van der Waals surface area (Å²) < 4.78 is 35.4. The molecular weight excluding hydrogens is 482 g/mol. The van der Waals surface area contributed by atoms with Gasteiger partial charge in [-0.25, -0.2) is 13.2 Å². The fraction of sp³-hybridized carbons (Fsp3) is 0.360. The minimum Gasteiger partial charge on any atom is -0.497 e. The van der Waals surface area contributed by atoms with E-state index in [0.717, 1.165) is 15.7 Å². The maximum Gasteiger partial charge on any atom is 0.332 e. The van der Waals surface area contributed by atoms with Crippen molar-refractivity contribution in [2.75, 3.05) is 39.0 Å². The molecule has 0 unspecified atom stereocenters. The van der Waals surface area contributed by atoms with Crippen LogP contribution in [0.3, 0.4) is 0 Å². The monoisotopic (exact) mass is 513 g/mol. The molecule has 3 aromatic rings. The lowest BCUT2D eigenvalue weighted by Crippen LogP contribution is -2.51. The minimum atomic E-state index is -3.65. The normalized spacial score (nSPS) is 16.1. The number of nitrogens with two attached hydrogens (primary N) is 1. The number of ether oxygens (including phenoxy) is 1. The molecule has 1 aliphatic heterocycles. The average molecular weight is 514 g/mol. The number of hydrogen-bond acceptors (Lipinski definition) is 7. The van der Waals surface area contributed by atoms with Crippen molar-refractivity contribution in [2.24, 2.45) is 14.1 Å². The van der Waals surface area contributed by atoms with Crippen LogP contribution in [0.4, 0.5) is 5.82 Å². The second kappa shape index (κ2) is 9.92. The van der Waals surface area contributed by atoms with E-state index in [1.165, 1.54) is 23.0 Å². The van der Waals surface area contributed by atoms with Gasteiger partial charge in [0.1, 0.15) is 11.6 Å². The van der Waals surface area contributed by atoms with Crippen molar-refractivity contribution in [3.05, 3.63) is 86.1 Å². The van der Waals surface area contributed by atoms with Gasteiger partial charge in [0.05, 0.1) is 23.6 Å². The van der Waals surface area contributed by atoms with E-state index in [0.29, 0.717) is 18.8 Å². The topological polar surface area (TPSA) is 120 Å². The smallest absolute Gasteiger partial charge is 0.332 e. The van der Waals surface area contributed by atoms with E-state index in [1.807, 2.05) is 24.0 Å². The first-order chi connectivity index (χ1) is 17.1. The zero-order valence-corrected chi connectivity index (χ0v) is 21.7. The van der Waals surface area contributed by atoms with Crippen LogP contribution in [-0.4, -0.2) is 60.0 Å². The maximum absolute atomic E-state index is 13.3. The molecular formula is C25H31N5O5S. The molecule has 0 saturated carbocycles. The third kappa shape index (κ3) is 4.57. The fourth-order valence-electron chi connectivity index (χ4n) is 4.55. The Morgan fingerprint density at radius 2 is 1.47 bits per heavy atom. The number of nitrogens with zero attached hydrogens (tertiary/aromatic N) is 4. The van der Waals surface area contributed by atoms with Crippen molar-refractivity contribution in [2.45, 2.75) is 17.9 Å². The second-order valence-corrected chi connectivity index (χ2v) is 10.9. The second-order valence-electron chi connectivity index (χ2n) is 8.93. The lowest BCUT2D eigenvalue weighted by atomic mass is 9.97. The number of anilines is 1. The van der Waals surface area contributed by atoms with Crippen LogP contribution >= 0.6 is 0 Å². The van der Waals surface area contributed by atoms with Gasteiger partial charge in [-0.1, -0.05) is 29.8 Å². The summed E-state index contributed by atoms with van der Waals surface area (Å²) in [4.78, 5) is 28.0. The Hall–Kier alpha value is -3.41. The molecule has 1 aliphatic rings. The van der Waals surface area contributed by atoms with Crippen LogP contribution in [0.15, 0.2) is 63.0 Å². The minimum absolute atomic E-state index is 0.0821. The predicted molar refractivity (Wildman–Crippen MR) is 138 cm³/mol. The number of aromatic nitrogens is 2. The summed E-state index contributed by atoms with van der Waals surface area (Å²) in [6, 6.07) is 13.5. The number of rotatable bonds is 6. The van der Waals surface area contributed by atoms with E-state index in [4.69, 9.17) is 10.5 Å². The number of aryl methyl sites for hydroxylation is 1. The molecule has 11 heteroatoms. The van der Waals surface area contributed by atoms with E-state index in [2.05, 4.69) is 0 Å². The third-order valence-corrected chi connectivity index (χ3v) is 8.66. The summed E-state index contributed by atoms with van der Waals surface area (Å²) in [5.74, 6) is 0.742. The molecule has 2 heterocycles. The molecule has 2 aromatic carbocycles. The van der Waals surface area contributed by atoms with Crippen molar-refractivity contribution in [1.29, 1.82) is 0 Å². The van der Waals surface area contributed by atoms with Gasteiger partial charge in [-0.3, -0.25) is 18.8 Å². The molecule has 1 atom stereocenters. The standard InChI is InChI=1S/C25H31N5O5S/c1-17-5-11-20(12-6-17)36(33,34)30-15-13-29(14-16-30)22(18-7-9-19(35-4)10-8-18)21-23(26)27(2)25(32)28(3)24(21)31/h5-12,22H,13-16,26H2,1-4H3/t22-/m0/s1. The van der Waals surface area contributed by atoms with Crippen molar-refractivity contribution < 1.29 is 13.2 Å². The number of nitrogen functional groups attached to an aromatic ring is 1. The van der Waals surface area contributed by atoms with Crippen LogP contribution < -0.4 is 21.7 Å². The molecule has 10 nitrogen and oxygen atoms in total.